The lowest BCUT2D eigenvalue weighted by Gasteiger charge is -2.19. The molecule has 16 heteroatoms. The molecule has 2 heterocycles. The van der Waals surface area contributed by atoms with Crippen LogP contribution in [-0.2, 0) is 16.3 Å². The van der Waals surface area contributed by atoms with Gasteiger partial charge in [-0.3, -0.25) is 4.57 Å². The lowest BCUT2D eigenvalue weighted by molar-refractivity contribution is -0.139. The molecule has 4 aromatic rings. The highest BCUT2D eigenvalue weighted by Gasteiger charge is 2.48. The van der Waals surface area contributed by atoms with E-state index in [9.17, 15) is 44.7 Å². The van der Waals surface area contributed by atoms with E-state index >= 15 is 0 Å². The molecule has 202 valence electrons. The van der Waals surface area contributed by atoms with Gasteiger partial charge in [0.25, 0.3) is 0 Å². The zero-order valence-electron chi connectivity index (χ0n) is 18.7. The van der Waals surface area contributed by atoms with Gasteiger partial charge in [-0.1, -0.05) is 18.2 Å². The van der Waals surface area contributed by atoms with Crippen molar-refractivity contribution in [3.63, 3.8) is 0 Å². The number of thiophene rings is 1. The molecule has 2 aromatic heterocycles. The molecule has 0 radical (unpaired) electrons. The summed E-state index contributed by atoms with van der Waals surface area (Å²) in [5, 5.41) is 9.75. The Kier molecular flexibility index (Phi) is 6.82. The van der Waals surface area contributed by atoms with Crippen LogP contribution >= 0.6 is 11.3 Å². The van der Waals surface area contributed by atoms with E-state index in [2.05, 4.69) is 9.17 Å². The highest BCUT2D eigenvalue weighted by Crippen LogP contribution is 2.40. The third kappa shape index (κ3) is 5.26. The summed E-state index contributed by atoms with van der Waals surface area (Å²) in [5.41, 5.74) is -6.60. The van der Waals surface area contributed by atoms with Gasteiger partial charge in [-0.15, -0.1) is 11.3 Å². The Morgan fingerprint density at radius 2 is 1.76 bits per heavy atom. The van der Waals surface area contributed by atoms with Crippen LogP contribution in [0.4, 0.5) is 26.3 Å². The molecule has 1 N–H and O–H groups in total. The number of carboxylic acids is 1. The molecule has 0 saturated carbocycles. The number of fused-ring (bicyclic) bond motifs is 1. The number of halogens is 6. The summed E-state index contributed by atoms with van der Waals surface area (Å²) in [5.74, 6) is -2.39. The number of nitrogens with zero attached hydrogens (tertiary/aromatic N) is 2. The molecular weight excluding hydrogens is 566 g/mol. The summed E-state index contributed by atoms with van der Waals surface area (Å²) in [6, 6.07) is 8.94. The normalized spacial score (nSPS) is 13.4. The first-order valence-corrected chi connectivity index (χ1v) is 12.5. The Morgan fingerprint density at radius 3 is 2.39 bits per heavy atom. The average Bonchev–Trinajstić information content (AvgIpc) is 3.41. The SMILES string of the molecule is C[C@@H](Oc1cc(-n2cnc3ccc(OS(=O)(=O)C(F)(F)F)cc32)sc1C(=O)O)c1ccccc1C(F)(F)F. The molecule has 0 spiro atoms. The molecule has 0 fully saturated rings. The van der Waals surface area contributed by atoms with E-state index in [0.717, 1.165) is 18.2 Å². The standard InChI is InChI=1S/C22H14F6N2O6S2/c1-11(13-4-2-3-5-14(13)21(23,24)25)35-17-9-18(37-19(17)20(31)32)30-10-29-15-7-6-12(8-16(15)30)36-38(33,34)22(26,27)28/h2-11H,1H3,(H,31,32)/t11-/m1/s1. The topological polar surface area (TPSA) is 108 Å². The van der Waals surface area contributed by atoms with Crippen molar-refractivity contribution in [2.45, 2.75) is 24.7 Å². The molecule has 0 bridgehead atoms. The minimum absolute atomic E-state index is 0.0556. The second-order valence-electron chi connectivity index (χ2n) is 7.68. The molecule has 4 rings (SSSR count). The highest BCUT2D eigenvalue weighted by atomic mass is 32.2. The van der Waals surface area contributed by atoms with Crippen LogP contribution in [0.5, 0.6) is 11.5 Å². The number of rotatable bonds is 7. The molecule has 2 aromatic carbocycles. The van der Waals surface area contributed by atoms with E-state index in [4.69, 9.17) is 4.74 Å². The number of aromatic nitrogens is 2. The van der Waals surface area contributed by atoms with Crippen molar-refractivity contribution in [1.82, 2.24) is 9.55 Å². The number of alkyl halides is 6. The van der Waals surface area contributed by atoms with E-state index in [-0.39, 0.29) is 32.2 Å². The highest BCUT2D eigenvalue weighted by molar-refractivity contribution is 7.88. The second kappa shape index (κ2) is 9.50. The summed E-state index contributed by atoms with van der Waals surface area (Å²) >= 11 is 0.647. The largest absolute Gasteiger partial charge is 0.534 e. The van der Waals surface area contributed by atoms with Gasteiger partial charge in [-0.2, -0.15) is 34.8 Å². The van der Waals surface area contributed by atoms with Crippen molar-refractivity contribution < 1.29 is 53.6 Å². The Labute approximate surface area is 213 Å². The molecule has 0 saturated heterocycles. The maximum Gasteiger partial charge on any atom is 0.534 e. The number of aromatic carboxylic acids is 1. The molecule has 1 atom stereocenters. The predicted molar refractivity (Wildman–Crippen MR) is 122 cm³/mol. The van der Waals surface area contributed by atoms with Gasteiger partial charge in [0, 0.05) is 17.7 Å². The Hall–Kier alpha value is -3.79. The molecule has 0 aliphatic rings. The monoisotopic (exact) mass is 580 g/mol. The van der Waals surface area contributed by atoms with Crippen LogP contribution in [0.1, 0.15) is 33.8 Å². The third-order valence-corrected chi connectivity index (χ3v) is 7.22. The molecule has 0 unspecified atom stereocenters. The first-order valence-electron chi connectivity index (χ1n) is 10.3. The van der Waals surface area contributed by atoms with Crippen LogP contribution in [0.15, 0.2) is 54.9 Å². The maximum atomic E-state index is 13.4. The summed E-state index contributed by atoms with van der Waals surface area (Å²) in [7, 11) is -5.95. The Balaban J connectivity index is 1.72. The van der Waals surface area contributed by atoms with Crippen LogP contribution < -0.4 is 8.92 Å². The van der Waals surface area contributed by atoms with Crippen LogP contribution in [0.2, 0.25) is 0 Å². The van der Waals surface area contributed by atoms with Crippen molar-refractivity contribution in [2.75, 3.05) is 0 Å². The van der Waals surface area contributed by atoms with Gasteiger partial charge in [-0.25, -0.2) is 9.78 Å². The van der Waals surface area contributed by atoms with Gasteiger partial charge >= 0.3 is 27.8 Å². The fourth-order valence-electron chi connectivity index (χ4n) is 3.47. The van der Waals surface area contributed by atoms with Gasteiger partial charge in [0.05, 0.1) is 16.6 Å². The lowest BCUT2D eigenvalue weighted by atomic mass is 10.0. The van der Waals surface area contributed by atoms with Gasteiger partial charge in [0.2, 0.25) is 0 Å². The molecule has 0 aliphatic carbocycles. The van der Waals surface area contributed by atoms with E-state index in [1.165, 1.54) is 48.1 Å². The van der Waals surface area contributed by atoms with E-state index in [1.54, 1.807) is 0 Å². The summed E-state index contributed by atoms with van der Waals surface area (Å²) in [6.07, 6.45) is -4.71. The maximum absolute atomic E-state index is 13.4. The van der Waals surface area contributed by atoms with Gasteiger partial charge in [-0.05, 0) is 25.1 Å². The van der Waals surface area contributed by atoms with E-state index < -0.39 is 45.2 Å². The second-order valence-corrected chi connectivity index (χ2v) is 10.2. The smallest absolute Gasteiger partial charge is 0.484 e. The van der Waals surface area contributed by atoms with Crippen molar-refractivity contribution in [2.24, 2.45) is 0 Å². The number of imidazole rings is 1. The van der Waals surface area contributed by atoms with Crippen molar-refractivity contribution >= 4 is 38.5 Å². The van der Waals surface area contributed by atoms with Crippen molar-refractivity contribution in [3.8, 4) is 16.5 Å². The number of benzene rings is 2. The Morgan fingerprint density at radius 1 is 1.08 bits per heavy atom. The van der Waals surface area contributed by atoms with Gasteiger partial charge in [0.1, 0.15) is 28.9 Å². The van der Waals surface area contributed by atoms with E-state index in [1.807, 2.05) is 0 Å². The molecule has 8 nitrogen and oxygen atoms in total. The zero-order chi connectivity index (χ0) is 28.0. The molecule has 0 aliphatic heterocycles. The van der Waals surface area contributed by atoms with Crippen LogP contribution in [0.3, 0.4) is 0 Å². The average molecular weight is 580 g/mol. The number of hydrogen-bond acceptors (Lipinski definition) is 7. The van der Waals surface area contributed by atoms with Crippen molar-refractivity contribution in [3.05, 3.63) is 70.9 Å². The molecular formula is C22H14F6N2O6S2. The minimum atomic E-state index is -5.95. The summed E-state index contributed by atoms with van der Waals surface area (Å²) < 4.78 is 112. The summed E-state index contributed by atoms with van der Waals surface area (Å²) in [4.78, 5) is 15.5. The van der Waals surface area contributed by atoms with Crippen LogP contribution in [0.25, 0.3) is 16.0 Å². The van der Waals surface area contributed by atoms with Crippen LogP contribution in [0, 0.1) is 0 Å². The quantitative estimate of drug-likeness (QED) is 0.158. The number of ether oxygens (including phenoxy) is 1. The van der Waals surface area contributed by atoms with E-state index in [0.29, 0.717) is 11.3 Å². The van der Waals surface area contributed by atoms with Gasteiger partial charge in [0.15, 0.2) is 4.88 Å². The Bertz CT molecular complexity index is 1630. The fraction of sp³-hybridized carbons (Fsp3) is 0.182. The third-order valence-electron chi connectivity index (χ3n) is 5.13. The summed E-state index contributed by atoms with van der Waals surface area (Å²) in [6.45, 7) is 1.31. The lowest BCUT2D eigenvalue weighted by Crippen LogP contribution is -2.28. The van der Waals surface area contributed by atoms with Gasteiger partial charge < -0.3 is 14.0 Å². The first-order chi connectivity index (χ1) is 17.6. The number of hydrogen-bond donors (Lipinski definition) is 1. The van der Waals surface area contributed by atoms with Crippen LogP contribution in [-0.4, -0.2) is 34.6 Å². The fourth-order valence-corrected chi connectivity index (χ4v) is 4.84. The number of carboxylic acid groups (broad SMARTS) is 1. The first kappa shape index (κ1) is 27.3. The van der Waals surface area contributed by atoms with Crippen molar-refractivity contribution in [1.29, 1.82) is 0 Å². The molecule has 0 amide bonds. The number of carbonyl (C=O) groups is 1. The minimum Gasteiger partial charge on any atom is -0.484 e. The zero-order valence-corrected chi connectivity index (χ0v) is 20.4. The predicted octanol–water partition coefficient (Wildman–Crippen LogP) is 6.17. The molecule has 38 heavy (non-hydrogen) atoms.